The molecule has 2 heterocycles. The largest absolute Gasteiger partial charge is 0.381 e. The topological polar surface area (TPSA) is 64.4 Å². The lowest BCUT2D eigenvalue weighted by Crippen LogP contribution is -2.29. The van der Waals surface area contributed by atoms with Crippen LogP contribution in [0.2, 0.25) is 0 Å². The molecule has 2 aromatic rings. The number of rotatable bonds is 4. The first kappa shape index (κ1) is 12.9. The highest BCUT2D eigenvalue weighted by atomic mass is 16.5. The second-order valence-corrected chi connectivity index (χ2v) is 4.88. The van der Waals surface area contributed by atoms with Crippen LogP contribution >= 0.6 is 0 Å². The number of amides is 1. The zero-order valence-corrected chi connectivity index (χ0v) is 11.0. The average Bonchev–Trinajstić information content (AvgIpc) is 3.17. The van der Waals surface area contributed by atoms with Crippen LogP contribution in [0, 0.1) is 5.92 Å². The fourth-order valence-electron chi connectivity index (χ4n) is 2.19. The van der Waals surface area contributed by atoms with Crippen LogP contribution < -0.4 is 5.32 Å². The van der Waals surface area contributed by atoms with Crippen molar-refractivity contribution in [1.82, 2.24) is 10.5 Å². The molecule has 1 amide bonds. The maximum Gasteiger partial charge on any atom is 0.273 e. The number of ether oxygens (including phenoxy) is 1. The molecule has 20 heavy (non-hydrogen) atoms. The minimum absolute atomic E-state index is 0.206. The van der Waals surface area contributed by atoms with Crippen LogP contribution in [0.5, 0.6) is 0 Å². The first-order valence-corrected chi connectivity index (χ1v) is 6.71. The minimum atomic E-state index is -0.206. The van der Waals surface area contributed by atoms with Gasteiger partial charge < -0.3 is 14.6 Å². The molecule has 1 aromatic carbocycles. The first-order chi connectivity index (χ1) is 9.83. The van der Waals surface area contributed by atoms with E-state index in [1.165, 1.54) is 0 Å². The van der Waals surface area contributed by atoms with E-state index in [-0.39, 0.29) is 5.91 Å². The lowest BCUT2D eigenvalue weighted by Gasteiger charge is -2.07. The van der Waals surface area contributed by atoms with Gasteiger partial charge in [0.05, 0.1) is 6.61 Å². The Kier molecular flexibility index (Phi) is 3.78. The van der Waals surface area contributed by atoms with Crippen molar-refractivity contribution in [2.45, 2.75) is 6.42 Å². The molecule has 0 unspecified atom stereocenters. The molecule has 1 saturated heterocycles. The third-order valence-corrected chi connectivity index (χ3v) is 3.38. The molecular weight excluding hydrogens is 256 g/mol. The van der Waals surface area contributed by atoms with E-state index in [1.807, 2.05) is 30.3 Å². The predicted octanol–water partition coefficient (Wildman–Crippen LogP) is 2.11. The number of carbonyl (C=O) groups excluding carboxylic acids is 1. The summed E-state index contributed by atoms with van der Waals surface area (Å²) in [7, 11) is 0. The summed E-state index contributed by atoms with van der Waals surface area (Å²) in [5, 5.41) is 6.68. The van der Waals surface area contributed by atoms with Gasteiger partial charge in [0.25, 0.3) is 5.91 Å². The molecule has 1 aliphatic heterocycles. The Balaban J connectivity index is 1.62. The van der Waals surface area contributed by atoms with E-state index in [4.69, 9.17) is 9.26 Å². The van der Waals surface area contributed by atoms with E-state index in [1.54, 1.807) is 6.07 Å². The number of hydrogen-bond acceptors (Lipinski definition) is 4. The average molecular weight is 272 g/mol. The van der Waals surface area contributed by atoms with Gasteiger partial charge in [-0.15, -0.1) is 0 Å². The lowest BCUT2D eigenvalue weighted by molar-refractivity contribution is 0.0936. The molecule has 0 bridgehead atoms. The molecule has 3 rings (SSSR count). The van der Waals surface area contributed by atoms with E-state index in [0.717, 1.165) is 18.6 Å². The highest BCUT2D eigenvalue weighted by Crippen LogP contribution is 2.19. The van der Waals surface area contributed by atoms with E-state index < -0.39 is 0 Å². The fourth-order valence-corrected chi connectivity index (χ4v) is 2.19. The highest BCUT2D eigenvalue weighted by molar-refractivity contribution is 5.93. The number of carbonyl (C=O) groups is 1. The Bertz CT molecular complexity index is 574. The van der Waals surface area contributed by atoms with Crippen LogP contribution in [-0.2, 0) is 4.74 Å². The van der Waals surface area contributed by atoms with Crippen molar-refractivity contribution in [3.63, 3.8) is 0 Å². The van der Waals surface area contributed by atoms with E-state index in [0.29, 0.717) is 30.5 Å². The summed E-state index contributed by atoms with van der Waals surface area (Å²) in [6, 6.07) is 11.2. The summed E-state index contributed by atoms with van der Waals surface area (Å²) in [5.74, 6) is 0.794. The fraction of sp³-hybridized carbons (Fsp3) is 0.333. The number of nitrogens with one attached hydrogen (secondary N) is 1. The van der Waals surface area contributed by atoms with Gasteiger partial charge in [-0.3, -0.25) is 4.79 Å². The second kappa shape index (κ2) is 5.88. The molecular formula is C15H16N2O3. The molecule has 1 aromatic heterocycles. The summed E-state index contributed by atoms with van der Waals surface area (Å²) in [4.78, 5) is 12.0. The SMILES string of the molecule is O=C(NC[C@H]1CCOC1)c1cc(-c2ccccc2)on1. The van der Waals surface area contributed by atoms with E-state index in [9.17, 15) is 4.79 Å². The molecule has 1 fully saturated rings. The predicted molar refractivity (Wildman–Crippen MR) is 73.2 cm³/mol. The van der Waals surface area contributed by atoms with Gasteiger partial charge in [0, 0.05) is 30.7 Å². The maximum atomic E-state index is 12.0. The van der Waals surface area contributed by atoms with Crippen molar-refractivity contribution >= 4 is 5.91 Å². The molecule has 0 aliphatic carbocycles. The van der Waals surface area contributed by atoms with Gasteiger partial charge in [0.15, 0.2) is 11.5 Å². The van der Waals surface area contributed by atoms with Crippen molar-refractivity contribution in [2.24, 2.45) is 5.92 Å². The summed E-state index contributed by atoms with van der Waals surface area (Å²) < 4.78 is 10.5. The Morgan fingerprint density at radius 2 is 2.20 bits per heavy atom. The zero-order valence-electron chi connectivity index (χ0n) is 11.0. The number of benzene rings is 1. The number of nitrogens with zero attached hydrogens (tertiary/aromatic N) is 1. The van der Waals surface area contributed by atoms with Crippen LogP contribution in [0.15, 0.2) is 40.9 Å². The summed E-state index contributed by atoms with van der Waals surface area (Å²) in [5.41, 5.74) is 1.21. The molecule has 0 spiro atoms. The van der Waals surface area contributed by atoms with Crippen molar-refractivity contribution in [2.75, 3.05) is 19.8 Å². The van der Waals surface area contributed by atoms with Gasteiger partial charge in [0.1, 0.15) is 0 Å². The van der Waals surface area contributed by atoms with Gasteiger partial charge in [-0.25, -0.2) is 0 Å². The summed E-state index contributed by atoms with van der Waals surface area (Å²) in [6.07, 6.45) is 0.994. The van der Waals surface area contributed by atoms with Crippen LogP contribution in [-0.4, -0.2) is 30.8 Å². The van der Waals surface area contributed by atoms with Crippen LogP contribution in [0.3, 0.4) is 0 Å². The molecule has 5 nitrogen and oxygen atoms in total. The third-order valence-electron chi connectivity index (χ3n) is 3.38. The van der Waals surface area contributed by atoms with E-state index >= 15 is 0 Å². The standard InChI is InChI=1S/C15H16N2O3/c18-15(16-9-11-6-7-19-10-11)13-8-14(20-17-13)12-4-2-1-3-5-12/h1-5,8,11H,6-7,9-10H2,(H,16,18)/t11-/m1/s1. The molecule has 1 N–H and O–H groups in total. The normalized spacial score (nSPS) is 18.1. The minimum Gasteiger partial charge on any atom is -0.381 e. The van der Waals surface area contributed by atoms with E-state index in [2.05, 4.69) is 10.5 Å². The zero-order chi connectivity index (χ0) is 13.8. The van der Waals surface area contributed by atoms with Crippen LogP contribution in [0.4, 0.5) is 0 Å². The number of hydrogen-bond donors (Lipinski definition) is 1. The Morgan fingerprint density at radius 3 is 2.95 bits per heavy atom. The van der Waals surface area contributed by atoms with Crippen LogP contribution in [0.1, 0.15) is 16.9 Å². The molecule has 0 saturated carbocycles. The molecule has 1 aliphatic rings. The van der Waals surface area contributed by atoms with Crippen molar-refractivity contribution < 1.29 is 14.1 Å². The van der Waals surface area contributed by atoms with Gasteiger partial charge in [-0.2, -0.15) is 0 Å². The summed E-state index contributed by atoms with van der Waals surface area (Å²) >= 11 is 0. The van der Waals surface area contributed by atoms with Crippen molar-refractivity contribution in [3.05, 3.63) is 42.1 Å². The van der Waals surface area contributed by atoms with Gasteiger partial charge in [0.2, 0.25) is 0 Å². The first-order valence-electron chi connectivity index (χ1n) is 6.71. The van der Waals surface area contributed by atoms with Crippen LogP contribution in [0.25, 0.3) is 11.3 Å². The Hall–Kier alpha value is -2.14. The van der Waals surface area contributed by atoms with Crippen molar-refractivity contribution in [3.8, 4) is 11.3 Å². The molecule has 5 heteroatoms. The van der Waals surface area contributed by atoms with Gasteiger partial charge in [-0.05, 0) is 6.42 Å². The lowest BCUT2D eigenvalue weighted by atomic mass is 10.1. The number of aromatic nitrogens is 1. The van der Waals surface area contributed by atoms with Gasteiger partial charge in [-0.1, -0.05) is 35.5 Å². The Labute approximate surface area is 116 Å². The molecule has 1 atom stereocenters. The maximum absolute atomic E-state index is 12.0. The Morgan fingerprint density at radius 1 is 1.35 bits per heavy atom. The second-order valence-electron chi connectivity index (χ2n) is 4.88. The molecule has 104 valence electrons. The van der Waals surface area contributed by atoms with Crippen molar-refractivity contribution in [1.29, 1.82) is 0 Å². The smallest absolute Gasteiger partial charge is 0.273 e. The third kappa shape index (κ3) is 2.88. The highest BCUT2D eigenvalue weighted by Gasteiger charge is 2.18. The van der Waals surface area contributed by atoms with Gasteiger partial charge >= 0.3 is 0 Å². The summed E-state index contributed by atoms with van der Waals surface area (Å²) in [6.45, 7) is 2.11. The monoisotopic (exact) mass is 272 g/mol. The molecule has 0 radical (unpaired) electrons. The quantitative estimate of drug-likeness (QED) is 0.925.